The van der Waals surface area contributed by atoms with Gasteiger partial charge >= 0.3 is 5.97 Å². The van der Waals surface area contributed by atoms with Crippen molar-refractivity contribution >= 4 is 21.7 Å². The fourth-order valence-electron chi connectivity index (χ4n) is 2.23. The third kappa shape index (κ3) is 4.83. The lowest BCUT2D eigenvalue weighted by Gasteiger charge is -2.10. The quantitative estimate of drug-likeness (QED) is 0.811. The van der Waals surface area contributed by atoms with Gasteiger partial charge < -0.3 is 4.74 Å². The first kappa shape index (κ1) is 18.0. The highest BCUT2D eigenvalue weighted by molar-refractivity contribution is 7.91. The number of hydrogen-bond donors (Lipinski definition) is 1. The second-order valence-corrected chi connectivity index (χ2v) is 7.55. The van der Waals surface area contributed by atoms with Crippen molar-refractivity contribution in [2.45, 2.75) is 25.5 Å². The van der Waals surface area contributed by atoms with Crippen LogP contribution in [0.25, 0.3) is 0 Å². The highest BCUT2D eigenvalue weighted by Gasteiger charge is 2.13. The van der Waals surface area contributed by atoms with Crippen LogP contribution in [0.1, 0.15) is 41.3 Å². The number of ether oxygens (including phenoxy) is 1. The highest BCUT2D eigenvalue weighted by Crippen LogP contribution is 2.19. The summed E-state index contributed by atoms with van der Waals surface area (Å²) in [6.07, 6.45) is 0. The molecule has 2 aromatic rings. The Labute approximate surface area is 142 Å². The van der Waals surface area contributed by atoms with Crippen LogP contribution in [0.4, 0.5) is 5.69 Å². The molecular formula is C18H21NO4S. The fraction of sp³-hybridized carbons (Fsp3) is 0.278. The third-order valence-electron chi connectivity index (χ3n) is 3.58. The molecule has 0 aliphatic rings. The Morgan fingerprint density at radius 1 is 1.04 bits per heavy atom. The molecule has 0 aliphatic carbocycles. The van der Waals surface area contributed by atoms with Crippen LogP contribution >= 0.6 is 0 Å². The average Bonchev–Trinajstić information content (AvgIpc) is 2.54. The molecule has 0 unspecified atom stereocenters. The number of hydrogen-bond acceptors (Lipinski definition) is 4. The van der Waals surface area contributed by atoms with E-state index >= 15 is 0 Å². The van der Waals surface area contributed by atoms with Crippen LogP contribution in [-0.4, -0.2) is 21.5 Å². The number of methoxy groups -OCH3 is 1. The van der Waals surface area contributed by atoms with Gasteiger partial charge in [0.15, 0.2) is 0 Å². The maximum absolute atomic E-state index is 12.3. The zero-order valence-corrected chi connectivity index (χ0v) is 14.8. The molecular weight excluding hydrogens is 326 g/mol. The Morgan fingerprint density at radius 3 is 2.12 bits per heavy atom. The van der Waals surface area contributed by atoms with E-state index in [0.717, 1.165) is 5.56 Å². The summed E-state index contributed by atoms with van der Waals surface area (Å²) < 4.78 is 31.7. The Kier molecular flexibility index (Phi) is 5.62. The number of carbonyl (C=O) groups excluding carboxylic acids is 1. The van der Waals surface area contributed by atoms with Gasteiger partial charge in [0, 0.05) is 5.69 Å². The maximum atomic E-state index is 12.3. The normalized spacial score (nSPS) is 11.3. The lowest BCUT2D eigenvalue weighted by atomic mass is 10.0. The van der Waals surface area contributed by atoms with Crippen LogP contribution in [0.3, 0.4) is 0 Å². The Hall–Kier alpha value is -2.34. The standard InChI is InChI=1S/C18H21NO4S/c1-13(2)15-8-10-17(11-9-15)19-24(21,22)12-14-4-6-16(7-5-14)18(20)23-3/h4-11,13,19H,12H2,1-3H3. The van der Waals surface area contributed by atoms with Crippen molar-refractivity contribution in [3.8, 4) is 0 Å². The smallest absolute Gasteiger partial charge is 0.337 e. The number of sulfonamides is 1. The van der Waals surface area contributed by atoms with Gasteiger partial charge in [0.2, 0.25) is 10.0 Å². The molecule has 2 rings (SSSR count). The van der Waals surface area contributed by atoms with E-state index in [0.29, 0.717) is 22.7 Å². The molecule has 0 aromatic heterocycles. The van der Waals surface area contributed by atoms with Crippen LogP contribution in [0.5, 0.6) is 0 Å². The molecule has 2 aromatic carbocycles. The van der Waals surface area contributed by atoms with Crippen molar-refractivity contribution in [2.24, 2.45) is 0 Å². The van der Waals surface area contributed by atoms with Gasteiger partial charge in [0.25, 0.3) is 0 Å². The number of benzene rings is 2. The Morgan fingerprint density at radius 2 is 1.62 bits per heavy atom. The van der Waals surface area contributed by atoms with E-state index in [1.807, 2.05) is 12.1 Å². The fourth-order valence-corrected chi connectivity index (χ4v) is 3.42. The first-order valence-corrected chi connectivity index (χ1v) is 9.23. The molecule has 0 radical (unpaired) electrons. The molecule has 0 saturated carbocycles. The minimum absolute atomic E-state index is 0.166. The van der Waals surface area contributed by atoms with Gasteiger partial charge in [-0.1, -0.05) is 38.1 Å². The topological polar surface area (TPSA) is 72.5 Å². The summed E-state index contributed by atoms with van der Waals surface area (Å²) in [5.41, 5.74) is 2.66. The van der Waals surface area contributed by atoms with E-state index in [1.165, 1.54) is 7.11 Å². The first-order valence-electron chi connectivity index (χ1n) is 7.58. The van der Waals surface area contributed by atoms with Gasteiger partial charge in [-0.3, -0.25) is 4.72 Å². The summed E-state index contributed by atoms with van der Waals surface area (Å²) in [7, 11) is -2.22. The van der Waals surface area contributed by atoms with Gasteiger partial charge in [-0.05, 0) is 41.3 Å². The largest absolute Gasteiger partial charge is 0.465 e. The van der Waals surface area contributed by atoms with Crippen LogP contribution in [0.15, 0.2) is 48.5 Å². The van der Waals surface area contributed by atoms with Crippen LogP contribution in [0, 0.1) is 0 Å². The Balaban J connectivity index is 2.06. The molecule has 0 heterocycles. The number of carbonyl (C=O) groups is 1. The van der Waals surface area contributed by atoms with Gasteiger partial charge in [-0.15, -0.1) is 0 Å². The second-order valence-electron chi connectivity index (χ2n) is 5.83. The molecule has 0 bridgehead atoms. The molecule has 0 aliphatic heterocycles. The molecule has 6 heteroatoms. The molecule has 0 saturated heterocycles. The molecule has 0 amide bonds. The third-order valence-corrected chi connectivity index (χ3v) is 4.84. The molecule has 5 nitrogen and oxygen atoms in total. The van der Waals surface area contributed by atoms with E-state index in [1.54, 1.807) is 36.4 Å². The molecule has 24 heavy (non-hydrogen) atoms. The van der Waals surface area contributed by atoms with Crippen molar-refractivity contribution in [1.82, 2.24) is 0 Å². The molecule has 1 N–H and O–H groups in total. The van der Waals surface area contributed by atoms with Gasteiger partial charge in [0.1, 0.15) is 0 Å². The van der Waals surface area contributed by atoms with Gasteiger partial charge in [-0.25, -0.2) is 13.2 Å². The Bertz CT molecular complexity index is 794. The average molecular weight is 347 g/mol. The van der Waals surface area contributed by atoms with E-state index in [4.69, 9.17) is 0 Å². The molecule has 0 spiro atoms. The zero-order valence-electron chi connectivity index (χ0n) is 13.9. The van der Waals surface area contributed by atoms with Crippen molar-refractivity contribution in [2.75, 3.05) is 11.8 Å². The van der Waals surface area contributed by atoms with Crippen LogP contribution < -0.4 is 4.72 Å². The summed E-state index contributed by atoms with van der Waals surface area (Å²) in [6, 6.07) is 13.6. The van der Waals surface area contributed by atoms with Gasteiger partial charge in [-0.2, -0.15) is 0 Å². The molecule has 0 atom stereocenters. The highest BCUT2D eigenvalue weighted by atomic mass is 32.2. The minimum Gasteiger partial charge on any atom is -0.465 e. The van der Waals surface area contributed by atoms with Crippen molar-refractivity contribution < 1.29 is 17.9 Å². The lowest BCUT2D eigenvalue weighted by Crippen LogP contribution is -2.15. The van der Waals surface area contributed by atoms with E-state index in [2.05, 4.69) is 23.3 Å². The van der Waals surface area contributed by atoms with E-state index < -0.39 is 16.0 Å². The SMILES string of the molecule is COC(=O)c1ccc(CS(=O)(=O)Nc2ccc(C(C)C)cc2)cc1. The number of rotatable bonds is 6. The summed E-state index contributed by atoms with van der Waals surface area (Å²) in [5, 5.41) is 0. The summed E-state index contributed by atoms with van der Waals surface area (Å²) in [6.45, 7) is 4.16. The predicted octanol–water partition coefficient (Wildman–Crippen LogP) is 3.54. The molecule has 0 fully saturated rings. The van der Waals surface area contributed by atoms with Crippen molar-refractivity contribution in [1.29, 1.82) is 0 Å². The number of anilines is 1. The summed E-state index contributed by atoms with van der Waals surface area (Å²) >= 11 is 0. The summed E-state index contributed by atoms with van der Waals surface area (Å²) in [5.74, 6) is -0.225. The van der Waals surface area contributed by atoms with Crippen molar-refractivity contribution in [3.05, 3.63) is 65.2 Å². The maximum Gasteiger partial charge on any atom is 0.337 e. The zero-order chi connectivity index (χ0) is 17.7. The van der Waals surface area contributed by atoms with Gasteiger partial charge in [0.05, 0.1) is 18.4 Å². The van der Waals surface area contributed by atoms with Crippen LogP contribution in [0.2, 0.25) is 0 Å². The number of esters is 1. The van der Waals surface area contributed by atoms with Crippen LogP contribution in [-0.2, 0) is 20.5 Å². The van der Waals surface area contributed by atoms with E-state index in [9.17, 15) is 13.2 Å². The summed E-state index contributed by atoms with van der Waals surface area (Å²) in [4.78, 5) is 11.4. The first-order chi connectivity index (χ1) is 11.3. The second kappa shape index (κ2) is 7.49. The van der Waals surface area contributed by atoms with E-state index in [-0.39, 0.29) is 5.75 Å². The number of nitrogens with one attached hydrogen (secondary N) is 1. The minimum atomic E-state index is -3.53. The monoisotopic (exact) mass is 347 g/mol. The molecule has 128 valence electrons. The lowest BCUT2D eigenvalue weighted by molar-refractivity contribution is 0.0600. The predicted molar refractivity (Wildman–Crippen MR) is 94.6 cm³/mol. The van der Waals surface area contributed by atoms with Crippen molar-refractivity contribution in [3.63, 3.8) is 0 Å².